The van der Waals surface area contributed by atoms with E-state index in [1.807, 2.05) is 7.05 Å². The highest BCUT2D eigenvalue weighted by Crippen LogP contribution is 2.09. The number of aliphatic imine (C=N–C) groups is 1. The van der Waals surface area contributed by atoms with Crippen LogP contribution in [0.3, 0.4) is 0 Å². The summed E-state index contributed by atoms with van der Waals surface area (Å²) in [4.78, 5) is 6.86. The molecule has 0 radical (unpaired) electrons. The predicted octanol–water partition coefficient (Wildman–Crippen LogP) is 3.11. The summed E-state index contributed by atoms with van der Waals surface area (Å²) in [7, 11) is 1.84. The van der Waals surface area contributed by atoms with Crippen LogP contribution < -0.4 is 10.6 Å². The van der Waals surface area contributed by atoms with E-state index in [0.717, 1.165) is 25.5 Å². The van der Waals surface area contributed by atoms with Crippen molar-refractivity contribution in [2.75, 3.05) is 39.8 Å². The lowest BCUT2D eigenvalue weighted by molar-refractivity contribution is 0.334. The van der Waals surface area contributed by atoms with Crippen molar-refractivity contribution in [3.8, 4) is 0 Å². The maximum Gasteiger partial charge on any atom is 0.190 e. The molecule has 1 heterocycles. The molecule has 1 aromatic carbocycles. The van der Waals surface area contributed by atoms with E-state index in [4.69, 9.17) is 0 Å². The standard InChI is InChI=1S/C19H32N4.HI/c1-16-13-17(2)15-18(14-16)7-9-22-19(20-3)21-8-6-12-23-10-4-5-11-23;/h13-15H,4-12H2,1-3H3,(H2,20,21,22);1H. The van der Waals surface area contributed by atoms with Crippen molar-refractivity contribution in [3.63, 3.8) is 0 Å². The van der Waals surface area contributed by atoms with Gasteiger partial charge < -0.3 is 15.5 Å². The number of hydrogen-bond acceptors (Lipinski definition) is 2. The van der Waals surface area contributed by atoms with Crippen LogP contribution >= 0.6 is 24.0 Å². The molecule has 0 amide bonds. The summed E-state index contributed by atoms with van der Waals surface area (Å²) in [5, 5.41) is 6.83. The Labute approximate surface area is 164 Å². The molecule has 136 valence electrons. The highest BCUT2D eigenvalue weighted by Gasteiger charge is 2.10. The molecule has 0 spiro atoms. The van der Waals surface area contributed by atoms with Gasteiger partial charge in [0.1, 0.15) is 0 Å². The molecule has 5 heteroatoms. The van der Waals surface area contributed by atoms with E-state index in [9.17, 15) is 0 Å². The largest absolute Gasteiger partial charge is 0.356 e. The number of aryl methyl sites for hydroxylation is 2. The van der Waals surface area contributed by atoms with Gasteiger partial charge in [-0.1, -0.05) is 29.3 Å². The van der Waals surface area contributed by atoms with Crippen LogP contribution in [0.2, 0.25) is 0 Å². The lowest BCUT2D eigenvalue weighted by Crippen LogP contribution is -2.39. The SMILES string of the molecule is CN=C(NCCCN1CCCC1)NCCc1cc(C)cc(C)c1.I. The normalized spacial score (nSPS) is 15.2. The molecule has 1 saturated heterocycles. The summed E-state index contributed by atoms with van der Waals surface area (Å²) in [6, 6.07) is 6.75. The third-order valence-corrected chi connectivity index (χ3v) is 4.35. The second kappa shape index (κ2) is 11.7. The Kier molecular flexibility index (Phi) is 10.3. The van der Waals surface area contributed by atoms with E-state index >= 15 is 0 Å². The van der Waals surface area contributed by atoms with Gasteiger partial charge in [-0.15, -0.1) is 24.0 Å². The highest BCUT2D eigenvalue weighted by atomic mass is 127. The Bertz CT molecular complexity index is 490. The van der Waals surface area contributed by atoms with Crippen LogP contribution in [-0.4, -0.2) is 50.6 Å². The first-order chi connectivity index (χ1) is 11.2. The first-order valence-electron chi connectivity index (χ1n) is 8.91. The smallest absolute Gasteiger partial charge is 0.190 e. The summed E-state index contributed by atoms with van der Waals surface area (Å²) in [6.45, 7) is 9.97. The molecule has 0 unspecified atom stereocenters. The molecule has 24 heavy (non-hydrogen) atoms. The van der Waals surface area contributed by atoms with Crippen molar-refractivity contribution in [2.24, 2.45) is 4.99 Å². The van der Waals surface area contributed by atoms with Crippen LogP contribution in [0.15, 0.2) is 23.2 Å². The second-order valence-corrected chi connectivity index (χ2v) is 6.57. The first kappa shape index (κ1) is 21.2. The molecule has 2 N–H and O–H groups in total. The minimum absolute atomic E-state index is 0. The highest BCUT2D eigenvalue weighted by molar-refractivity contribution is 14.0. The van der Waals surface area contributed by atoms with Gasteiger partial charge in [-0.2, -0.15) is 0 Å². The maximum absolute atomic E-state index is 4.30. The maximum atomic E-state index is 4.30. The molecule has 0 saturated carbocycles. The van der Waals surface area contributed by atoms with E-state index in [1.165, 1.54) is 55.6 Å². The van der Waals surface area contributed by atoms with Gasteiger partial charge in [-0.25, -0.2) is 0 Å². The van der Waals surface area contributed by atoms with Crippen LogP contribution in [0.4, 0.5) is 0 Å². The lowest BCUT2D eigenvalue weighted by atomic mass is 10.1. The summed E-state index contributed by atoms with van der Waals surface area (Å²) in [5.41, 5.74) is 4.06. The zero-order valence-corrected chi connectivity index (χ0v) is 17.7. The van der Waals surface area contributed by atoms with Crippen molar-refractivity contribution in [3.05, 3.63) is 34.9 Å². The average molecular weight is 444 g/mol. The van der Waals surface area contributed by atoms with Gasteiger partial charge in [0.25, 0.3) is 0 Å². The molecule has 0 atom stereocenters. The zero-order valence-electron chi connectivity index (χ0n) is 15.4. The number of likely N-dealkylation sites (tertiary alicyclic amines) is 1. The number of guanidine groups is 1. The third-order valence-electron chi connectivity index (χ3n) is 4.35. The van der Waals surface area contributed by atoms with Crippen LogP contribution in [0.5, 0.6) is 0 Å². The van der Waals surface area contributed by atoms with Gasteiger partial charge in [0, 0.05) is 20.1 Å². The zero-order chi connectivity index (χ0) is 16.5. The van der Waals surface area contributed by atoms with Crippen molar-refractivity contribution in [1.29, 1.82) is 0 Å². The summed E-state index contributed by atoms with van der Waals surface area (Å²) >= 11 is 0. The molecule has 1 aromatic rings. The fraction of sp³-hybridized carbons (Fsp3) is 0.632. The van der Waals surface area contributed by atoms with Crippen LogP contribution in [0.25, 0.3) is 0 Å². The van der Waals surface area contributed by atoms with Crippen molar-refractivity contribution in [1.82, 2.24) is 15.5 Å². The predicted molar refractivity (Wildman–Crippen MR) is 115 cm³/mol. The Hall–Kier alpha value is -0.820. The molecule has 0 aliphatic carbocycles. The number of rotatable bonds is 7. The number of halogens is 1. The van der Waals surface area contributed by atoms with Crippen molar-refractivity contribution in [2.45, 2.75) is 39.5 Å². The number of benzene rings is 1. The number of nitrogens with zero attached hydrogens (tertiary/aromatic N) is 2. The second-order valence-electron chi connectivity index (χ2n) is 6.57. The van der Waals surface area contributed by atoms with Gasteiger partial charge in [0.2, 0.25) is 0 Å². The summed E-state index contributed by atoms with van der Waals surface area (Å²) < 4.78 is 0. The Morgan fingerprint density at radius 2 is 1.67 bits per heavy atom. The molecule has 2 rings (SSSR count). The minimum atomic E-state index is 0. The number of hydrogen-bond donors (Lipinski definition) is 2. The number of nitrogens with one attached hydrogen (secondary N) is 2. The van der Waals surface area contributed by atoms with E-state index in [1.54, 1.807) is 0 Å². The van der Waals surface area contributed by atoms with Gasteiger partial charge in [0.05, 0.1) is 0 Å². The lowest BCUT2D eigenvalue weighted by Gasteiger charge is -2.16. The van der Waals surface area contributed by atoms with Gasteiger partial charge in [0.15, 0.2) is 5.96 Å². The van der Waals surface area contributed by atoms with Gasteiger partial charge in [-0.3, -0.25) is 4.99 Å². The monoisotopic (exact) mass is 444 g/mol. The molecule has 1 fully saturated rings. The Morgan fingerprint density at radius 1 is 1.04 bits per heavy atom. The molecule has 4 nitrogen and oxygen atoms in total. The van der Waals surface area contributed by atoms with Crippen molar-refractivity contribution < 1.29 is 0 Å². The molecular formula is C19H33IN4. The molecule has 1 aliphatic heterocycles. The summed E-state index contributed by atoms with van der Waals surface area (Å²) in [5.74, 6) is 0.913. The van der Waals surface area contributed by atoms with E-state index in [2.05, 4.69) is 52.6 Å². The van der Waals surface area contributed by atoms with Gasteiger partial charge >= 0.3 is 0 Å². The molecule has 1 aliphatic rings. The average Bonchev–Trinajstić information content (AvgIpc) is 3.02. The fourth-order valence-electron chi connectivity index (χ4n) is 3.27. The molecular weight excluding hydrogens is 411 g/mol. The third kappa shape index (κ3) is 7.83. The Morgan fingerprint density at radius 3 is 2.29 bits per heavy atom. The van der Waals surface area contributed by atoms with E-state index in [0.29, 0.717) is 0 Å². The van der Waals surface area contributed by atoms with Crippen molar-refractivity contribution >= 4 is 29.9 Å². The molecule has 0 aromatic heterocycles. The van der Waals surface area contributed by atoms with Crippen LogP contribution in [0.1, 0.15) is 36.0 Å². The summed E-state index contributed by atoms with van der Waals surface area (Å²) in [6.07, 6.45) is 4.94. The van der Waals surface area contributed by atoms with Gasteiger partial charge in [-0.05, 0) is 64.7 Å². The Balaban J connectivity index is 0.00000288. The minimum Gasteiger partial charge on any atom is -0.356 e. The van der Waals surface area contributed by atoms with E-state index in [-0.39, 0.29) is 24.0 Å². The topological polar surface area (TPSA) is 39.7 Å². The molecule has 0 bridgehead atoms. The van der Waals surface area contributed by atoms with Crippen LogP contribution in [0, 0.1) is 13.8 Å². The van der Waals surface area contributed by atoms with Crippen LogP contribution in [-0.2, 0) is 6.42 Å². The first-order valence-corrected chi connectivity index (χ1v) is 8.91. The fourth-order valence-corrected chi connectivity index (χ4v) is 3.27. The van der Waals surface area contributed by atoms with E-state index < -0.39 is 0 Å². The quantitative estimate of drug-likeness (QED) is 0.294.